The minimum atomic E-state index is -0.404. The minimum absolute atomic E-state index is 0. The van der Waals surface area contributed by atoms with Gasteiger partial charge in [0.15, 0.2) is 22.3 Å². The summed E-state index contributed by atoms with van der Waals surface area (Å²) < 4.78 is 79.0. The van der Waals surface area contributed by atoms with Gasteiger partial charge in [0.05, 0.1) is 31.4 Å². The Morgan fingerprint density at radius 3 is 1.36 bits per heavy atom. The fourth-order valence-corrected chi connectivity index (χ4v) is 8.68. The fraction of sp³-hybridized carbons (Fsp3) is 0.231. The van der Waals surface area contributed by atoms with E-state index in [-0.39, 0.29) is 63.8 Å². The standard InChI is InChI=1S/C21H24FN3O3.C19H21FN4O3.C12H8FN3O.C7H6N2O.C5H3BrFN.CH4.W/c1-2-27-20(26)11-5-3-4-8-14-25(19-13-12-16(22)15-23-19)21-24-17-9-6-7-10-18(17)28-21;20-14-10-11-17(21-13-14)24(12-6-2-1-3-9-18(25)23-26)19-22-15-7-4-5-8-16(15)27-19;13-8-5-6-11(14-7-8)16-12-15-9-3-1-2-4-10(9)17-12;8-7-9-5-3-1-2-4-6(5)10-7;6-5-2-1-4(7)3-8-5;;/h6-7,9-10,12-13,15H,2-5,8,11,14H2,1H3;4-5,7-8,10-11,13,26H,1-3,6,9,12H2,(H,23,25);1-7H,(H,14,15,16);1-4H,(H2,8,9);1-3H;1H4;. The molecule has 0 aliphatic carbocycles. The molecule has 0 saturated carbocycles. The quantitative estimate of drug-likeness (QED) is 0.0130. The number of fused-ring (bicyclic) bond motifs is 4. The van der Waals surface area contributed by atoms with Gasteiger partial charge >= 0.3 is 24.0 Å². The normalized spacial score (nSPS) is 10.4. The fourth-order valence-electron chi connectivity index (χ4n) is 8.45. The number of hydroxylamine groups is 1. The number of pyridine rings is 4. The van der Waals surface area contributed by atoms with Gasteiger partial charge in [-0.3, -0.25) is 29.9 Å². The number of carbonyl (C=O) groups is 2. The molecule has 8 heterocycles. The molecule has 12 rings (SSSR count). The number of nitrogens with zero attached hydrogens (tertiary/aromatic N) is 10. The summed E-state index contributed by atoms with van der Waals surface area (Å²) in [6.07, 6.45) is 12.2. The van der Waals surface area contributed by atoms with Crippen molar-refractivity contribution in [3.63, 3.8) is 0 Å². The summed E-state index contributed by atoms with van der Waals surface area (Å²) in [5, 5.41) is 11.3. The number of hydrogen-bond acceptors (Lipinski definition) is 20. The van der Waals surface area contributed by atoms with Crippen LogP contribution in [0.15, 0.2) is 193 Å². The number of nitrogens with one attached hydrogen (secondary N) is 2. The van der Waals surface area contributed by atoms with Crippen molar-refractivity contribution in [2.75, 3.05) is 40.5 Å². The number of aromatic nitrogens is 8. The molecule has 4 aromatic carbocycles. The minimum Gasteiger partial charge on any atom is -0.466 e. The molecule has 21 nitrogen and oxygen atoms in total. The molecule has 0 fully saturated rings. The third kappa shape index (κ3) is 22.7. The van der Waals surface area contributed by atoms with Crippen LogP contribution in [0.3, 0.4) is 0 Å². The number of rotatable bonds is 21. The van der Waals surface area contributed by atoms with E-state index in [1.807, 2.05) is 114 Å². The third-order valence-corrected chi connectivity index (χ3v) is 13.2. The summed E-state index contributed by atoms with van der Waals surface area (Å²) in [6, 6.07) is 43.0. The van der Waals surface area contributed by atoms with E-state index in [0.717, 1.165) is 85.0 Å². The number of anilines is 7. The molecule has 1 amide bonds. The zero-order valence-electron chi connectivity index (χ0n) is 49.0. The van der Waals surface area contributed by atoms with Crippen molar-refractivity contribution in [2.24, 2.45) is 0 Å². The third-order valence-electron chi connectivity index (χ3n) is 12.7. The van der Waals surface area contributed by atoms with Gasteiger partial charge < -0.3 is 28.1 Å². The van der Waals surface area contributed by atoms with Crippen molar-refractivity contribution in [2.45, 2.75) is 78.6 Å². The van der Waals surface area contributed by atoms with Gasteiger partial charge in [-0.05, 0) is 146 Å². The van der Waals surface area contributed by atoms with E-state index < -0.39 is 5.82 Å². The Morgan fingerprint density at radius 2 is 0.946 bits per heavy atom. The Bertz CT molecular complexity index is 3980. The van der Waals surface area contributed by atoms with E-state index in [2.05, 4.69) is 61.1 Å². The van der Waals surface area contributed by atoms with Gasteiger partial charge in [0.1, 0.15) is 67.4 Å². The number of hydrogen-bond donors (Lipinski definition) is 4. The first-order valence-electron chi connectivity index (χ1n) is 28.5. The number of esters is 1. The van der Waals surface area contributed by atoms with Crippen LogP contribution in [0, 0.1) is 23.3 Å². The van der Waals surface area contributed by atoms with Crippen LogP contribution in [-0.2, 0) is 35.4 Å². The molecule has 0 spiro atoms. The van der Waals surface area contributed by atoms with Gasteiger partial charge in [-0.25, -0.2) is 43.0 Å². The Morgan fingerprint density at radius 1 is 0.522 bits per heavy atom. The number of nitrogens with two attached hydrogens (primary N) is 1. The van der Waals surface area contributed by atoms with Crippen molar-refractivity contribution < 1.29 is 75.8 Å². The number of halogens is 5. The first-order valence-corrected chi connectivity index (χ1v) is 29.3. The Hall–Kier alpha value is -9.65. The van der Waals surface area contributed by atoms with E-state index in [1.165, 1.54) is 42.7 Å². The average Bonchev–Trinajstić information content (AvgIpc) is 3.11. The number of oxazole rings is 4. The molecule has 0 aliphatic heterocycles. The Balaban J connectivity index is 0.000000194. The van der Waals surface area contributed by atoms with Crippen molar-refractivity contribution in [3.05, 3.63) is 198 Å². The topological polar surface area (TPSA) is 276 Å². The summed E-state index contributed by atoms with van der Waals surface area (Å²) in [6.45, 7) is 3.45. The second-order valence-electron chi connectivity index (χ2n) is 19.4. The summed E-state index contributed by atoms with van der Waals surface area (Å²) in [5.41, 5.74) is 12.8. The van der Waals surface area contributed by atoms with Gasteiger partial charge in [-0.1, -0.05) is 81.6 Å². The second-order valence-corrected chi connectivity index (χ2v) is 20.2. The van der Waals surface area contributed by atoms with Crippen molar-refractivity contribution in [1.29, 1.82) is 0 Å². The van der Waals surface area contributed by atoms with E-state index in [1.54, 1.807) is 23.7 Å². The maximum absolute atomic E-state index is 13.3. The van der Waals surface area contributed by atoms with E-state index in [4.69, 9.17) is 33.3 Å². The zero-order chi connectivity index (χ0) is 63.5. The maximum Gasteiger partial charge on any atom is 0.305 e. The van der Waals surface area contributed by atoms with Gasteiger partial charge in [0.2, 0.25) is 5.91 Å². The van der Waals surface area contributed by atoms with Crippen LogP contribution in [0.1, 0.15) is 78.6 Å². The summed E-state index contributed by atoms with van der Waals surface area (Å²) in [4.78, 5) is 59.0. The predicted molar refractivity (Wildman–Crippen MR) is 342 cm³/mol. The summed E-state index contributed by atoms with van der Waals surface area (Å²) in [5.74, 6) is -0.384. The molecule has 0 unspecified atom stereocenters. The van der Waals surface area contributed by atoms with E-state index in [9.17, 15) is 27.2 Å². The van der Waals surface area contributed by atoms with Crippen molar-refractivity contribution >= 4 is 114 Å². The van der Waals surface area contributed by atoms with Gasteiger partial charge in [-0.2, -0.15) is 19.9 Å². The number of amides is 1. The largest absolute Gasteiger partial charge is 0.466 e. The number of benzene rings is 4. The predicted octanol–water partition coefficient (Wildman–Crippen LogP) is 16.1. The molecule has 0 bridgehead atoms. The molecular weight excluding hydrogens is 1430 g/mol. The molecule has 12 aromatic rings. The molecule has 5 N–H and O–H groups in total. The van der Waals surface area contributed by atoms with Crippen LogP contribution in [0.5, 0.6) is 0 Å². The van der Waals surface area contributed by atoms with Crippen LogP contribution < -0.4 is 26.3 Å². The molecular formula is C65H66BrF4N13O8W. The number of nitrogen functional groups attached to an aromatic ring is 1. The monoisotopic (exact) mass is 1500 g/mol. The number of carbonyl (C=O) groups excluding carboxylic acids is 2. The molecule has 0 aliphatic rings. The van der Waals surface area contributed by atoms with Crippen LogP contribution >= 0.6 is 15.9 Å². The average molecular weight is 1500 g/mol. The number of ether oxygens (including phenoxy) is 1. The van der Waals surface area contributed by atoms with Crippen molar-refractivity contribution in [3.8, 4) is 0 Å². The summed E-state index contributed by atoms with van der Waals surface area (Å²) >= 11 is 3.07. The van der Waals surface area contributed by atoms with E-state index >= 15 is 0 Å². The van der Waals surface area contributed by atoms with Gasteiger partial charge in [0, 0.05) is 47.0 Å². The van der Waals surface area contributed by atoms with Crippen LogP contribution in [0.4, 0.5) is 59.1 Å². The molecule has 27 heteroatoms. The second kappa shape index (κ2) is 37.5. The van der Waals surface area contributed by atoms with Crippen molar-refractivity contribution in [1.82, 2.24) is 45.4 Å². The molecule has 480 valence electrons. The molecule has 0 saturated heterocycles. The molecule has 0 atom stereocenters. The molecule has 0 radical (unpaired) electrons. The first kappa shape index (κ1) is 71.4. The Kier molecular flexibility index (Phi) is 29.1. The van der Waals surface area contributed by atoms with Gasteiger partial charge in [0.25, 0.3) is 6.01 Å². The van der Waals surface area contributed by atoms with Gasteiger partial charge in [-0.15, -0.1) is 0 Å². The summed E-state index contributed by atoms with van der Waals surface area (Å²) in [7, 11) is 0. The first-order chi connectivity index (χ1) is 43.8. The SMILES string of the molecule is C.CCOC(=O)CCCCCCN(c1ccc(F)cn1)c1nc2ccccc2o1.Fc1ccc(Br)nc1.Fc1ccc(Nc2nc3ccccc3o2)nc1.Nc1nc2ccccc2o1.O=C(CCCCCCN(c1ccc(F)cn1)c1nc2ccccc2o1)NO.[W]. The van der Waals surface area contributed by atoms with Crippen LogP contribution in [0.2, 0.25) is 0 Å². The smallest absolute Gasteiger partial charge is 0.305 e. The van der Waals surface area contributed by atoms with Crippen LogP contribution in [0.25, 0.3) is 44.4 Å². The molecule has 8 aromatic heterocycles. The number of unbranched alkanes of at least 4 members (excludes halogenated alkanes) is 6. The number of para-hydroxylation sites is 8. The molecule has 92 heavy (non-hydrogen) atoms. The maximum atomic E-state index is 13.3. The van der Waals surface area contributed by atoms with Crippen LogP contribution in [-0.4, -0.2) is 76.7 Å². The Labute approximate surface area is 549 Å². The zero-order valence-corrected chi connectivity index (χ0v) is 53.5. The van der Waals surface area contributed by atoms with E-state index in [0.29, 0.717) is 95.8 Å².